The third-order valence-corrected chi connectivity index (χ3v) is 6.01. The first-order chi connectivity index (χ1) is 15.6. The number of anilines is 1. The van der Waals surface area contributed by atoms with Crippen molar-refractivity contribution in [1.82, 2.24) is 14.8 Å². The van der Waals surface area contributed by atoms with Crippen LogP contribution in [-0.4, -0.2) is 26.4 Å². The van der Waals surface area contributed by atoms with Gasteiger partial charge in [-0.25, -0.2) is 4.39 Å². The average Bonchev–Trinajstić information content (AvgIpc) is 3.23. The highest BCUT2D eigenvalue weighted by molar-refractivity contribution is 7.99. The van der Waals surface area contributed by atoms with Crippen LogP contribution in [0.5, 0.6) is 0 Å². The van der Waals surface area contributed by atoms with E-state index in [1.165, 1.54) is 23.9 Å². The SMILES string of the molecule is O=C(CCCSc1nnc(-c2ccccc2Cl)n1-c1ccccc1)Nc1ccc(F)cc1. The molecular formula is C24H20ClFN4OS. The van der Waals surface area contributed by atoms with E-state index in [2.05, 4.69) is 15.5 Å². The van der Waals surface area contributed by atoms with Gasteiger partial charge in [-0.2, -0.15) is 0 Å². The van der Waals surface area contributed by atoms with Gasteiger partial charge >= 0.3 is 0 Å². The van der Waals surface area contributed by atoms with Gasteiger partial charge in [-0.05, 0) is 55.0 Å². The Hall–Kier alpha value is -3.16. The summed E-state index contributed by atoms with van der Waals surface area (Å²) in [5, 5.41) is 12.9. The van der Waals surface area contributed by atoms with E-state index in [-0.39, 0.29) is 11.7 Å². The van der Waals surface area contributed by atoms with Crippen LogP contribution in [0.25, 0.3) is 17.1 Å². The van der Waals surface area contributed by atoms with Gasteiger partial charge in [-0.3, -0.25) is 9.36 Å². The number of benzene rings is 3. The number of rotatable bonds is 8. The molecule has 1 heterocycles. The molecule has 0 aliphatic heterocycles. The second-order valence-corrected chi connectivity index (χ2v) is 8.43. The topological polar surface area (TPSA) is 59.8 Å². The van der Waals surface area contributed by atoms with Crippen molar-refractivity contribution in [3.05, 3.63) is 89.7 Å². The Morgan fingerprint density at radius 1 is 0.969 bits per heavy atom. The Labute approximate surface area is 194 Å². The van der Waals surface area contributed by atoms with Crippen LogP contribution >= 0.6 is 23.4 Å². The number of aromatic nitrogens is 3. The molecular weight excluding hydrogens is 447 g/mol. The predicted molar refractivity (Wildman–Crippen MR) is 127 cm³/mol. The van der Waals surface area contributed by atoms with Crippen molar-refractivity contribution in [3.8, 4) is 17.1 Å². The van der Waals surface area contributed by atoms with Crippen LogP contribution in [0.4, 0.5) is 10.1 Å². The van der Waals surface area contributed by atoms with Crippen molar-refractivity contribution in [3.63, 3.8) is 0 Å². The van der Waals surface area contributed by atoms with Crippen molar-refractivity contribution in [2.75, 3.05) is 11.1 Å². The number of nitrogens with one attached hydrogen (secondary N) is 1. The summed E-state index contributed by atoms with van der Waals surface area (Å²) in [7, 11) is 0. The second-order valence-electron chi connectivity index (χ2n) is 6.96. The zero-order chi connectivity index (χ0) is 22.3. The molecule has 8 heteroatoms. The molecule has 0 radical (unpaired) electrons. The van der Waals surface area contributed by atoms with Crippen LogP contribution in [-0.2, 0) is 4.79 Å². The molecule has 0 aliphatic rings. The zero-order valence-corrected chi connectivity index (χ0v) is 18.6. The highest BCUT2D eigenvalue weighted by Crippen LogP contribution is 2.32. The third kappa shape index (κ3) is 5.36. The van der Waals surface area contributed by atoms with Crippen LogP contribution in [0.3, 0.4) is 0 Å². The van der Waals surface area contributed by atoms with Gasteiger partial charge in [0, 0.05) is 29.1 Å². The molecule has 1 amide bonds. The Bertz CT molecular complexity index is 1200. The van der Waals surface area contributed by atoms with E-state index in [1.807, 2.05) is 59.2 Å². The molecule has 1 aromatic heterocycles. The van der Waals surface area contributed by atoms with Gasteiger partial charge in [0.25, 0.3) is 0 Å². The van der Waals surface area contributed by atoms with E-state index in [4.69, 9.17) is 11.6 Å². The summed E-state index contributed by atoms with van der Waals surface area (Å²) in [6.45, 7) is 0. The van der Waals surface area contributed by atoms with Crippen LogP contribution in [0, 0.1) is 5.82 Å². The molecule has 32 heavy (non-hydrogen) atoms. The van der Waals surface area contributed by atoms with Crippen LogP contribution in [0.1, 0.15) is 12.8 Å². The summed E-state index contributed by atoms with van der Waals surface area (Å²) >= 11 is 7.94. The quantitative estimate of drug-likeness (QED) is 0.247. The fourth-order valence-corrected chi connectivity index (χ4v) is 4.25. The summed E-state index contributed by atoms with van der Waals surface area (Å²) < 4.78 is 15.0. The van der Waals surface area contributed by atoms with Crippen LogP contribution in [0.2, 0.25) is 5.02 Å². The molecule has 0 atom stereocenters. The number of nitrogens with zero attached hydrogens (tertiary/aromatic N) is 3. The normalized spacial score (nSPS) is 10.8. The number of halogens is 2. The first-order valence-electron chi connectivity index (χ1n) is 10.1. The lowest BCUT2D eigenvalue weighted by Gasteiger charge is -2.11. The molecule has 3 aromatic carbocycles. The average molecular weight is 467 g/mol. The van der Waals surface area contributed by atoms with E-state index in [1.54, 1.807) is 12.1 Å². The van der Waals surface area contributed by atoms with Crippen LogP contribution in [0.15, 0.2) is 84.0 Å². The summed E-state index contributed by atoms with van der Waals surface area (Å²) in [6.07, 6.45) is 1.00. The summed E-state index contributed by atoms with van der Waals surface area (Å²) in [5.74, 6) is 0.902. The minimum atomic E-state index is -0.335. The maximum atomic E-state index is 13.0. The molecule has 162 valence electrons. The number of carbonyl (C=O) groups is 1. The van der Waals surface area contributed by atoms with E-state index in [9.17, 15) is 9.18 Å². The molecule has 4 aromatic rings. The summed E-state index contributed by atoms with van der Waals surface area (Å²) in [5.41, 5.74) is 2.32. The molecule has 0 saturated heterocycles. The molecule has 0 spiro atoms. The first-order valence-corrected chi connectivity index (χ1v) is 11.4. The molecule has 5 nitrogen and oxygen atoms in total. The number of hydrogen-bond acceptors (Lipinski definition) is 4. The summed E-state index contributed by atoms with van der Waals surface area (Å²) in [6, 6.07) is 23.1. The highest BCUT2D eigenvalue weighted by atomic mass is 35.5. The minimum absolute atomic E-state index is 0.113. The van der Waals surface area contributed by atoms with Crippen molar-refractivity contribution >= 4 is 35.0 Å². The molecule has 0 saturated carbocycles. The fraction of sp³-hybridized carbons (Fsp3) is 0.125. The summed E-state index contributed by atoms with van der Waals surface area (Å²) in [4.78, 5) is 12.2. The van der Waals surface area contributed by atoms with Crippen molar-refractivity contribution in [2.24, 2.45) is 0 Å². The zero-order valence-electron chi connectivity index (χ0n) is 17.0. The van der Waals surface area contributed by atoms with E-state index in [0.717, 1.165) is 16.4 Å². The van der Waals surface area contributed by atoms with E-state index < -0.39 is 0 Å². The van der Waals surface area contributed by atoms with Gasteiger partial charge in [0.1, 0.15) is 5.82 Å². The standard InChI is InChI=1S/C24H20ClFN4OS/c25-21-10-5-4-9-20(21)23-28-29-24(30(23)19-7-2-1-3-8-19)32-16-6-11-22(31)27-18-14-12-17(26)13-15-18/h1-5,7-10,12-15H,6,11,16H2,(H,27,31). The van der Waals surface area contributed by atoms with Gasteiger partial charge in [0.15, 0.2) is 11.0 Å². The van der Waals surface area contributed by atoms with E-state index in [0.29, 0.717) is 35.1 Å². The van der Waals surface area contributed by atoms with Gasteiger partial charge < -0.3 is 5.32 Å². The smallest absolute Gasteiger partial charge is 0.224 e. The Balaban J connectivity index is 1.44. The lowest BCUT2D eigenvalue weighted by Crippen LogP contribution is -2.11. The molecule has 4 rings (SSSR count). The van der Waals surface area contributed by atoms with Gasteiger partial charge in [-0.15, -0.1) is 10.2 Å². The van der Waals surface area contributed by atoms with Gasteiger partial charge in [0.05, 0.1) is 5.02 Å². The largest absolute Gasteiger partial charge is 0.326 e. The Morgan fingerprint density at radius 3 is 2.44 bits per heavy atom. The van der Waals surface area contributed by atoms with Crippen molar-refractivity contribution in [1.29, 1.82) is 0 Å². The van der Waals surface area contributed by atoms with Crippen LogP contribution < -0.4 is 5.32 Å². The molecule has 0 fully saturated rings. The number of para-hydroxylation sites is 1. The molecule has 0 aliphatic carbocycles. The Kier molecular flexibility index (Phi) is 7.19. The van der Waals surface area contributed by atoms with Crippen molar-refractivity contribution < 1.29 is 9.18 Å². The minimum Gasteiger partial charge on any atom is -0.326 e. The van der Waals surface area contributed by atoms with Gasteiger partial charge in [0.2, 0.25) is 5.91 Å². The maximum absolute atomic E-state index is 13.0. The molecule has 0 unspecified atom stereocenters. The number of thioether (sulfide) groups is 1. The number of amides is 1. The Morgan fingerprint density at radius 2 is 1.69 bits per heavy atom. The number of hydrogen-bond donors (Lipinski definition) is 1. The number of carbonyl (C=O) groups excluding carboxylic acids is 1. The highest BCUT2D eigenvalue weighted by Gasteiger charge is 2.18. The van der Waals surface area contributed by atoms with E-state index >= 15 is 0 Å². The first kappa shape index (κ1) is 22.0. The predicted octanol–water partition coefficient (Wildman–Crippen LogP) is 6.24. The molecule has 0 bridgehead atoms. The second kappa shape index (κ2) is 10.4. The van der Waals surface area contributed by atoms with Gasteiger partial charge in [-0.1, -0.05) is 53.7 Å². The molecule has 1 N–H and O–H groups in total. The van der Waals surface area contributed by atoms with Crippen molar-refractivity contribution in [2.45, 2.75) is 18.0 Å². The monoisotopic (exact) mass is 466 g/mol. The maximum Gasteiger partial charge on any atom is 0.224 e. The lowest BCUT2D eigenvalue weighted by molar-refractivity contribution is -0.116. The lowest BCUT2D eigenvalue weighted by atomic mass is 10.2. The third-order valence-electron chi connectivity index (χ3n) is 4.67. The fourth-order valence-electron chi connectivity index (χ4n) is 3.14.